The highest BCUT2D eigenvalue weighted by molar-refractivity contribution is 6.01. The molecule has 4 aromatic heterocycles. The second kappa shape index (κ2) is 15.5. The van der Waals surface area contributed by atoms with Gasteiger partial charge in [0.05, 0.1) is 30.2 Å². The number of pyridine rings is 2. The number of imide groups is 1. The Hall–Kier alpha value is -6.24. The van der Waals surface area contributed by atoms with Crippen molar-refractivity contribution in [3.8, 4) is 16.9 Å². The van der Waals surface area contributed by atoms with Gasteiger partial charge < -0.3 is 15.5 Å². The van der Waals surface area contributed by atoms with E-state index in [4.69, 9.17) is 0 Å². The molecule has 0 radical (unpaired) electrons. The largest absolute Gasteiger partial charge is 0.401 e. The lowest BCUT2D eigenvalue weighted by Crippen LogP contribution is -2.47. The first-order valence-corrected chi connectivity index (χ1v) is 17.8. The molecule has 56 heavy (non-hydrogen) atoms. The number of hydrogen-bond acceptors (Lipinski definition) is 11. The number of carbonyl (C=O) groups is 3. The number of aromatic nitrogens is 7. The number of H-pyrrole nitrogens is 1. The number of anilines is 2. The quantitative estimate of drug-likeness (QED) is 0.113. The molecule has 2 fully saturated rings. The molecule has 2 saturated heterocycles. The van der Waals surface area contributed by atoms with E-state index in [0.29, 0.717) is 44.1 Å². The molecule has 0 aliphatic carbocycles. The van der Waals surface area contributed by atoms with Crippen molar-refractivity contribution in [2.75, 3.05) is 36.4 Å². The van der Waals surface area contributed by atoms with Crippen LogP contribution in [-0.2, 0) is 28.1 Å². The van der Waals surface area contributed by atoms with Gasteiger partial charge in [0.2, 0.25) is 11.8 Å². The van der Waals surface area contributed by atoms with Crippen molar-refractivity contribution in [3.63, 3.8) is 0 Å². The van der Waals surface area contributed by atoms with E-state index in [1.807, 2.05) is 23.1 Å². The van der Waals surface area contributed by atoms with Gasteiger partial charge in [-0.3, -0.25) is 29.7 Å². The summed E-state index contributed by atoms with van der Waals surface area (Å²) in [4.78, 5) is 53.1. The molecule has 1 aromatic carbocycles. The number of rotatable bonds is 11. The zero-order chi connectivity index (χ0) is 39.6. The number of halogens is 4. The van der Waals surface area contributed by atoms with Gasteiger partial charge in [-0.25, -0.2) is 24.0 Å². The first kappa shape index (κ1) is 38.1. The minimum absolute atomic E-state index is 0.0842. The summed E-state index contributed by atoms with van der Waals surface area (Å²) in [6.45, 7) is 5.16. The van der Waals surface area contributed by atoms with E-state index < -0.39 is 41.1 Å². The van der Waals surface area contributed by atoms with Gasteiger partial charge in [-0.1, -0.05) is 24.3 Å². The van der Waals surface area contributed by atoms with Gasteiger partial charge in [0.25, 0.3) is 5.91 Å². The van der Waals surface area contributed by atoms with E-state index in [1.165, 1.54) is 29.3 Å². The number of alkyl halides is 3. The fraction of sp³-hybridized carbons (Fsp3) is 0.351. The predicted molar refractivity (Wildman–Crippen MR) is 195 cm³/mol. The van der Waals surface area contributed by atoms with Crippen LogP contribution in [0.4, 0.5) is 29.1 Å². The molecule has 15 nitrogen and oxygen atoms in total. The van der Waals surface area contributed by atoms with Gasteiger partial charge in [-0.15, -0.1) is 0 Å². The third-order valence-electron chi connectivity index (χ3n) is 9.81. The molecule has 3 amide bonds. The van der Waals surface area contributed by atoms with Crippen LogP contribution < -0.4 is 20.9 Å². The highest BCUT2D eigenvalue weighted by atomic mass is 19.4. The maximum atomic E-state index is 15.1. The summed E-state index contributed by atoms with van der Waals surface area (Å²) >= 11 is 0. The molecule has 0 bridgehead atoms. The normalized spacial score (nSPS) is 16.8. The van der Waals surface area contributed by atoms with Gasteiger partial charge in [-0.2, -0.15) is 23.4 Å². The highest BCUT2D eigenvalue weighted by Crippen LogP contribution is 2.38. The Labute approximate surface area is 317 Å². The van der Waals surface area contributed by atoms with Crippen LogP contribution in [0.15, 0.2) is 67.3 Å². The van der Waals surface area contributed by atoms with Crippen molar-refractivity contribution in [1.82, 2.24) is 50.5 Å². The van der Waals surface area contributed by atoms with Crippen molar-refractivity contribution in [3.05, 3.63) is 95.8 Å². The monoisotopic (exact) mass is 774 g/mol. The fourth-order valence-electron chi connectivity index (χ4n) is 6.26. The third kappa shape index (κ3) is 8.36. The van der Waals surface area contributed by atoms with Gasteiger partial charge >= 0.3 is 6.18 Å². The average molecular weight is 775 g/mol. The number of nitrogens with zero attached hydrogens (tertiary/aromatic N) is 8. The van der Waals surface area contributed by atoms with Crippen LogP contribution in [0, 0.1) is 5.82 Å². The number of piperidine rings is 1. The average Bonchev–Trinajstić information content (AvgIpc) is 3.87. The molecular weight excluding hydrogens is 736 g/mol. The van der Waals surface area contributed by atoms with Crippen molar-refractivity contribution < 1.29 is 31.9 Å². The Balaban J connectivity index is 0.878. The van der Waals surface area contributed by atoms with Gasteiger partial charge in [0, 0.05) is 63.2 Å². The lowest BCUT2D eigenvalue weighted by molar-refractivity contribution is -0.182. The van der Waals surface area contributed by atoms with Crippen molar-refractivity contribution in [2.45, 2.75) is 57.4 Å². The number of aromatic amines is 1. The maximum absolute atomic E-state index is 15.1. The molecule has 0 saturated carbocycles. The van der Waals surface area contributed by atoms with Crippen LogP contribution in [-0.4, -0.2) is 95.9 Å². The minimum Gasteiger partial charge on any atom is -0.372 e. The number of nitrogens with one attached hydrogen (secondary N) is 4. The fourth-order valence-corrected chi connectivity index (χ4v) is 6.26. The molecule has 2 aliphatic rings. The topological polar surface area (TPSA) is 179 Å². The van der Waals surface area contributed by atoms with Crippen molar-refractivity contribution in [2.24, 2.45) is 0 Å². The zero-order valence-electron chi connectivity index (χ0n) is 30.4. The van der Waals surface area contributed by atoms with Crippen LogP contribution >= 0.6 is 0 Å². The molecule has 5 aromatic rings. The molecule has 2 aliphatic heterocycles. The summed E-state index contributed by atoms with van der Waals surface area (Å²) in [6, 6.07) is 12.5. The first-order chi connectivity index (χ1) is 26.7. The summed E-state index contributed by atoms with van der Waals surface area (Å²) in [7, 11) is 0. The molecule has 1 unspecified atom stereocenters. The molecule has 7 rings (SSSR count). The standard InChI is InChI=1S/C37H38F4N12O3/c1-36(2,37(39,40)41)35-47-29(49-50-35)19-44-33(55)25-17-45-53(21-25)30-9-7-24(16-42-30)23-5-3-22(4-6-23)20-51-11-13-52(14-12-51)32-27(38)15-26(18-43-32)46-28-8-10-31(54)48-34(28)56/h3-7,9,15-18,21,28,46H,8,10-14,19-20H2,1-2H3,(H,44,55)(H,47,49,50)(H,48,54,56). The van der Waals surface area contributed by atoms with Crippen LogP contribution in [0.3, 0.4) is 0 Å². The van der Waals surface area contributed by atoms with Crippen molar-refractivity contribution >= 4 is 29.2 Å². The Morgan fingerprint density at radius 3 is 2.39 bits per heavy atom. The van der Waals surface area contributed by atoms with Gasteiger partial charge in [0.15, 0.2) is 23.3 Å². The number of carbonyl (C=O) groups excluding carboxylic acids is 3. The Bertz CT molecular complexity index is 2210. The summed E-state index contributed by atoms with van der Waals surface area (Å²) < 4.78 is 56.5. The zero-order valence-corrected chi connectivity index (χ0v) is 30.4. The molecule has 0 spiro atoms. The third-order valence-corrected chi connectivity index (χ3v) is 9.81. The van der Waals surface area contributed by atoms with E-state index >= 15 is 4.39 Å². The van der Waals surface area contributed by atoms with Crippen molar-refractivity contribution in [1.29, 1.82) is 0 Å². The smallest absolute Gasteiger partial charge is 0.372 e. The maximum Gasteiger partial charge on any atom is 0.401 e. The molecule has 19 heteroatoms. The molecule has 1 atom stereocenters. The Kier molecular flexibility index (Phi) is 10.5. The molecule has 292 valence electrons. The second-order valence-electron chi connectivity index (χ2n) is 14.1. The molecular formula is C37H38F4N12O3. The van der Waals surface area contributed by atoms with E-state index in [-0.39, 0.29) is 36.1 Å². The van der Waals surface area contributed by atoms with E-state index in [1.54, 1.807) is 12.3 Å². The Morgan fingerprint density at radius 2 is 1.71 bits per heavy atom. The summed E-state index contributed by atoms with van der Waals surface area (Å²) in [6.07, 6.45) is 2.09. The molecule has 4 N–H and O–H groups in total. The minimum atomic E-state index is -4.54. The summed E-state index contributed by atoms with van der Waals surface area (Å²) in [5.74, 6) is -1.32. The summed E-state index contributed by atoms with van der Waals surface area (Å²) in [5, 5.41) is 18.2. The van der Waals surface area contributed by atoms with E-state index in [0.717, 1.165) is 37.1 Å². The SMILES string of the molecule is CC(C)(c1n[nH]c(CNC(=O)c2cnn(-c3ccc(-c4ccc(CN5CCN(c6ncc(NC7CCC(=O)NC7=O)cc6F)CC5)cc4)cn3)c2)n1)C(F)(F)F. The van der Waals surface area contributed by atoms with Crippen LogP contribution in [0.5, 0.6) is 0 Å². The van der Waals surface area contributed by atoms with E-state index in [9.17, 15) is 27.6 Å². The second-order valence-corrected chi connectivity index (χ2v) is 14.1. The number of hydrogen-bond donors (Lipinski definition) is 4. The lowest BCUT2D eigenvalue weighted by Gasteiger charge is -2.35. The first-order valence-electron chi connectivity index (χ1n) is 17.8. The number of piperazine rings is 1. The van der Waals surface area contributed by atoms with Gasteiger partial charge in [0.1, 0.15) is 17.3 Å². The Morgan fingerprint density at radius 1 is 0.964 bits per heavy atom. The highest BCUT2D eigenvalue weighted by Gasteiger charge is 2.51. The van der Waals surface area contributed by atoms with Crippen LogP contribution in [0.25, 0.3) is 16.9 Å². The van der Waals surface area contributed by atoms with Crippen LogP contribution in [0.1, 0.15) is 54.3 Å². The molecule has 6 heterocycles. The lowest BCUT2D eigenvalue weighted by atomic mass is 9.92. The van der Waals surface area contributed by atoms with E-state index in [2.05, 4.69) is 63.2 Å². The number of benzene rings is 1. The summed E-state index contributed by atoms with van der Waals surface area (Å²) in [5.41, 5.74) is 1.32. The number of amides is 3. The van der Waals surface area contributed by atoms with Gasteiger partial charge in [-0.05, 0) is 43.5 Å². The van der Waals surface area contributed by atoms with Crippen LogP contribution in [0.2, 0.25) is 0 Å². The predicted octanol–water partition coefficient (Wildman–Crippen LogP) is 3.90.